The van der Waals surface area contributed by atoms with Gasteiger partial charge < -0.3 is 15.4 Å². The Morgan fingerprint density at radius 2 is 1.95 bits per heavy atom. The van der Waals surface area contributed by atoms with Gasteiger partial charge in [0.1, 0.15) is 5.75 Å². The summed E-state index contributed by atoms with van der Waals surface area (Å²) in [5, 5.41) is 0. The van der Waals surface area contributed by atoms with Crippen LogP contribution in [0.4, 0.5) is 13.2 Å². The van der Waals surface area contributed by atoms with Gasteiger partial charge in [-0.1, -0.05) is 12.1 Å². The van der Waals surface area contributed by atoms with E-state index in [0.29, 0.717) is 18.7 Å². The van der Waals surface area contributed by atoms with Gasteiger partial charge in [-0.05, 0) is 30.5 Å². The van der Waals surface area contributed by atoms with Crippen LogP contribution >= 0.6 is 12.4 Å². The molecular formula is C14H18ClF3N2O2. The maximum atomic E-state index is 12.2. The van der Waals surface area contributed by atoms with Crippen molar-refractivity contribution in [1.29, 1.82) is 0 Å². The predicted molar refractivity (Wildman–Crippen MR) is 77.9 cm³/mol. The second kappa shape index (κ2) is 7.69. The van der Waals surface area contributed by atoms with Gasteiger partial charge in [-0.25, -0.2) is 0 Å². The number of carbonyl (C=O) groups is 1. The van der Waals surface area contributed by atoms with Crippen LogP contribution in [0.25, 0.3) is 0 Å². The summed E-state index contributed by atoms with van der Waals surface area (Å²) in [6, 6.07) is 5.42. The van der Waals surface area contributed by atoms with Crippen molar-refractivity contribution in [2.45, 2.75) is 31.7 Å². The SMILES string of the molecule is Cl.NCC1CCCN1C(=O)Cc1ccc(OC(F)(F)F)cc1. The van der Waals surface area contributed by atoms with Crippen molar-refractivity contribution in [3.8, 4) is 5.75 Å². The minimum atomic E-state index is -4.71. The van der Waals surface area contributed by atoms with Crippen molar-refractivity contribution < 1.29 is 22.7 Å². The number of alkyl halides is 3. The first kappa shape index (κ1) is 18.6. The highest BCUT2D eigenvalue weighted by molar-refractivity contribution is 5.85. The molecule has 1 aliphatic rings. The number of amides is 1. The Hall–Kier alpha value is -1.47. The highest BCUT2D eigenvalue weighted by Gasteiger charge is 2.31. The van der Waals surface area contributed by atoms with Crippen molar-refractivity contribution >= 4 is 18.3 Å². The number of hydrogen-bond acceptors (Lipinski definition) is 3. The zero-order valence-corrected chi connectivity index (χ0v) is 12.6. The third-order valence-corrected chi connectivity index (χ3v) is 3.48. The fourth-order valence-electron chi connectivity index (χ4n) is 2.49. The van der Waals surface area contributed by atoms with E-state index in [2.05, 4.69) is 4.74 Å². The van der Waals surface area contributed by atoms with E-state index in [1.54, 1.807) is 4.90 Å². The number of benzene rings is 1. The molecular weight excluding hydrogens is 321 g/mol. The van der Waals surface area contributed by atoms with Gasteiger partial charge in [-0.2, -0.15) is 0 Å². The molecule has 124 valence electrons. The Morgan fingerprint density at radius 1 is 1.32 bits per heavy atom. The molecule has 1 atom stereocenters. The quantitative estimate of drug-likeness (QED) is 0.917. The van der Waals surface area contributed by atoms with Gasteiger partial charge in [-0.15, -0.1) is 25.6 Å². The lowest BCUT2D eigenvalue weighted by Gasteiger charge is -2.23. The zero-order chi connectivity index (χ0) is 15.5. The first-order valence-electron chi connectivity index (χ1n) is 6.73. The summed E-state index contributed by atoms with van der Waals surface area (Å²) in [5.41, 5.74) is 6.27. The van der Waals surface area contributed by atoms with Crippen LogP contribution in [0.1, 0.15) is 18.4 Å². The van der Waals surface area contributed by atoms with Crippen LogP contribution in [0.5, 0.6) is 5.75 Å². The summed E-state index contributed by atoms with van der Waals surface area (Å²) in [5.74, 6) is -0.341. The number of likely N-dealkylation sites (tertiary alicyclic amines) is 1. The fourth-order valence-corrected chi connectivity index (χ4v) is 2.49. The van der Waals surface area contributed by atoms with Gasteiger partial charge >= 0.3 is 6.36 Å². The van der Waals surface area contributed by atoms with Crippen molar-refractivity contribution in [1.82, 2.24) is 4.90 Å². The Morgan fingerprint density at radius 3 is 2.50 bits per heavy atom. The maximum absolute atomic E-state index is 12.2. The number of carbonyl (C=O) groups excluding carboxylic acids is 1. The average molecular weight is 339 g/mol. The Balaban J connectivity index is 0.00000242. The van der Waals surface area contributed by atoms with E-state index in [0.717, 1.165) is 12.8 Å². The lowest BCUT2D eigenvalue weighted by molar-refractivity contribution is -0.274. The summed E-state index contributed by atoms with van der Waals surface area (Å²) >= 11 is 0. The molecule has 1 saturated heterocycles. The molecule has 0 spiro atoms. The molecule has 0 aromatic heterocycles. The smallest absolute Gasteiger partial charge is 0.406 e. The molecule has 2 N–H and O–H groups in total. The monoisotopic (exact) mass is 338 g/mol. The summed E-state index contributed by atoms with van der Waals surface area (Å²) in [4.78, 5) is 13.9. The van der Waals surface area contributed by atoms with Crippen molar-refractivity contribution in [3.05, 3.63) is 29.8 Å². The molecule has 0 saturated carbocycles. The molecule has 4 nitrogen and oxygen atoms in total. The molecule has 0 radical (unpaired) electrons. The first-order valence-corrected chi connectivity index (χ1v) is 6.73. The first-order chi connectivity index (χ1) is 9.89. The van der Waals surface area contributed by atoms with Gasteiger partial charge in [0.05, 0.1) is 6.42 Å². The van der Waals surface area contributed by atoms with Crippen LogP contribution in [0, 0.1) is 0 Å². The number of hydrogen-bond donors (Lipinski definition) is 1. The summed E-state index contributed by atoms with van der Waals surface area (Å²) in [6.07, 6.45) is -2.71. The third kappa shape index (κ3) is 5.06. The lowest BCUT2D eigenvalue weighted by atomic mass is 10.1. The van der Waals surface area contributed by atoms with Crippen LogP contribution in [0.15, 0.2) is 24.3 Å². The third-order valence-electron chi connectivity index (χ3n) is 3.48. The van der Waals surface area contributed by atoms with E-state index >= 15 is 0 Å². The Kier molecular flexibility index (Phi) is 6.49. The number of nitrogens with zero attached hydrogens (tertiary/aromatic N) is 1. The molecule has 1 aromatic carbocycles. The van der Waals surface area contributed by atoms with Crippen LogP contribution in [0.2, 0.25) is 0 Å². The summed E-state index contributed by atoms with van der Waals surface area (Å²) < 4.78 is 39.9. The highest BCUT2D eigenvalue weighted by atomic mass is 35.5. The molecule has 1 heterocycles. The highest BCUT2D eigenvalue weighted by Crippen LogP contribution is 2.23. The minimum absolute atomic E-state index is 0. The van der Waals surface area contributed by atoms with Crippen LogP contribution in [-0.2, 0) is 11.2 Å². The second-order valence-corrected chi connectivity index (χ2v) is 4.99. The second-order valence-electron chi connectivity index (χ2n) is 4.99. The molecule has 1 aromatic rings. The van der Waals surface area contributed by atoms with E-state index in [4.69, 9.17) is 5.73 Å². The zero-order valence-electron chi connectivity index (χ0n) is 11.8. The van der Waals surface area contributed by atoms with Crippen LogP contribution in [0.3, 0.4) is 0 Å². The van der Waals surface area contributed by atoms with Gasteiger partial charge in [-0.3, -0.25) is 4.79 Å². The molecule has 1 fully saturated rings. The fraction of sp³-hybridized carbons (Fsp3) is 0.500. The van der Waals surface area contributed by atoms with Gasteiger partial charge in [0.15, 0.2) is 0 Å². The predicted octanol–water partition coefficient (Wildman–Crippen LogP) is 2.50. The van der Waals surface area contributed by atoms with Crippen LogP contribution in [-0.4, -0.2) is 36.3 Å². The largest absolute Gasteiger partial charge is 0.573 e. The molecule has 1 amide bonds. The average Bonchev–Trinajstić information content (AvgIpc) is 2.87. The summed E-state index contributed by atoms with van der Waals surface area (Å²) in [7, 11) is 0. The topological polar surface area (TPSA) is 55.6 Å². The van der Waals surface area contributed by atoms with Crippen molar-refractivity contribution in [2.75, 3.05) is 13.1 Å². The standard InChI is InChI=1S/C14H17F3N2O2.ClH/c15-14(16,17)21-12-5-3-10(4-6-12)8-13(20)19-7-1-2-11(19)9-18;/h3-6,11H,1-2,7-9,18H2;1H. The Labute approximate surface area is 132 Å². The van der Waals surface area contributed by atoms with Gasteiger partial charge in [0, 0.05) is 19.1 Å². The van der Waals surface area contributed by atoms with E-state index in [-0.39, 0.29) is 36.5 Å². The number of halogens is 4. The summed E-state index contributed by atoms with van der Waals surface area (Å²) in [6.45, 7) is 1.13. The number of nitrogens with two attached hydrogens (primary N) is 1. The van der Waals surface area contributed by atoms with Gasteiger partial charge in [0.25, 0.3) is 0 Å². The van der Waals surface area contributed by atoms with E-state index in [1.165, 1.54) is 24.3 Å². The molecule has 1 unspecified atom stereocenters. The van der Waals surface area contributed by atoms with E-state index in [9.17, 15) is 18.0 Å². The Bertz CT molecular complexity index is 494. The molecule has 2 rings (SSSR count). The molecule has 22 heavy (non-hydrogen) atoms. The van der Waals surface area contributed by atoms with E-state index < -0.39 is 6.36 Å². The minimum Gasteiger partial charge on any atom is -0.406 e. The van der Waals surface area contributed by atoms with Crippen molar-refractivity contribution in [2.24, 2.45) is 5.73 Å². The van der Waals surface area contributed by atoms with Gasteiger partial charge in [0.2, 0.25) is 5.91 Å². The maximum Gasteiger partial charge on any atom is 0.573 e. The molecule has 8 heteroatoms. The molecule has 0 aliphatic carbocycles. The number of ether oxygens (including phenoxy) is 1. The molecule has 1 aliphatic heterocycles. The normalized spacial score (nSPS) is 18.0. The lowest BCUT2D eigenvalue weighted by Crippen LogP contribution is -2.40. The van der Waals surface area contributed by atoms with Crippen molar-refractivity contribution in [3.63, 3.8) is 0 Å². The van der Waals surface area contributed by atoms with Crippen LogP contribution < -0.4 is 10.5 Å². The molecule has 0 bridgehead atoms. The number of rotatable bonds is 4. The van der Waals surface area contributed by atoms with E-state index in [1.807, 2.05) is 0 Å².